The first-order chi connectivity index (χ1) is 14.4. The minimum absolute atomic E-state index is 0.00231. The van der Waals surface area contributed by atoms with Gasteiger partial charge in [0.15, 0.2) is 11.4 Å². The number of carbonyl (C=O) groups is 1. The summed E-state index contributed by atoms with van der Waals surface area (Å²) in [6, 6.07) is 13.5. The summed E-state index contributed by atoms with van der Waals surface area (Å²) in [5, 5.41) is 7.47. The molecule has 4 rings (SSSR count). The number of alkyl halides is 3. The number of methoxy groups -OCH3 is 1. The molecule has 2 heterocycles. The lowest BCUT2D eigenvalue weighted by Crippen LogP contribution is -2.15. The average molecular weight is 412 g/mol. The van der Waals surface area contributed by atoms with Crippen LogP contribution in [0, 0.1) is 0 Å². The van der Waals surface area contributed by atoms with Crippen LogP contribution in [0.3, 0.4) is 0 Å². The molecule has 0 aliphatic carbocycles. The molecular weight excluding hydrogens is 397 g/mol. The molecule has 1 N–H and O–H groups in total. The molecule has 0 atom stereocenters. The summed E-state index contributed by atoms with van der Waals surface area (Å²) < 4.78 is 45.2. The average Bonchev–Trinajstić information content (AvgIpc) is 3.17. The van der Waals surface area contributed by atoms with Crippen molar-refractivity contribution in [1.29, 1.82) is 0 Å². The lowest BCUT2D eigenvalue weighted by atomic mass is 10.2. The number of para-hydroxylation sites is 1. The molecule has 1 amide bonds. The fourth-order valence-electron chi connectivity index (χ4n) is 3.05. The van der Waals surface area contributed by atoms with E-state index in [-0.39, 0.29) is 17.1 Å². The molecule has 0 saturated carbocycles. The molecule has 4 aromatic rings. The predicted octanol–water partition coefficient (Wildman–Crippen LogP) is 4.70. The van der Waals surface area contributed by atoms with E-state index in [1.807, 2.05) is 30.3 Å². The first-order valence-electron chi connectivity index (χ1n) is 8.83. The van der Waals surface area contributed by atoms with Gasteiger partial charge in [-0.15, -0.1) is 0 Å². The Kier molecular flexibility index (Phi) is 4.86. The second kappa shape index (κ2) is 7.51. The quantitative estimate of drug-likeness (QED) is 0.528. The van der Waals surface area contributed by atoms with E-state index in [1.54, 1.807) is 10.9 Å². The number of amides is 1. The summed E-state index contributed by atoms with van der Waals surface area (Å²) in [5.41, 5.74) is 0.864. The summed E-state index contributed by atoms with van der Waals surface area (Å²) in [5.74, 6) is -0.389. The monoisotopic (exact) mass is 412 g/mol. The smallest absolute Gasteiger partial charge is 0.416 e. The first kappa shape index (κ1) is 19.4. The van der Waals surface area contributed by atoms with Crippen molar-refractivity contribution >= 4 is 22.5 Å². The van der Waals surface area contributed by atoms with Crippen LogP contribution in [0.4, 0.5) is 18.9 Å². The van der Waals surface area contributed by atoms with E-state index in [1.165, 1.54) is 25.4 Å². The first-order valence-corrected chi connectivity index (χ1v) is 8.83. The predicted molar refractivity (Wildman–Crippen MR) is 105 cm³/mol. The minimum Gasteiger partial charge on any atom is -0.493 e. The van der Waals surface area contributed by atoms with E-state index in [4.69, 9.17) is 4.74 Å². The van der Waals surface area contributed by atoms with Crippen LogP contribution in [0.2, 0.25) is 0 Å². The summed E-state index contributed by atoms with van der Waals surface area (Å²) in [6.45, 7) is 0. The number of nitrogens with one attached hydrogen (secondary N) is 1. The van der Waals surface area contributed by atoms with Crippen molar-refractivity contribution in [3.8, 4) is 11.4 Å². The van der Waals surface area contributed by atoms with Crippen molar-refractivity contribution in [3.63, 3.8) is 0 Å². The second-order valence-corrected chi connectivity index (χ2v) is 6.36. The fourth-order valence-corrected chi connectivity index (χ4v) is 3.05. The number of ether oxygens (including phenoxy) is 1. The number of benzene rings is 2. The van der Waals surface area contributed by atoms with Gasteiger partial charge in [0.1, 0.15) is 0 Å². The van der Waals surface area contributed by atoms with E-state index in [2.05, 4.69) is 15.4 Å². The number of rotatable bonds is 4. The number of pyridine rings is 1. The Morgan fingerprint density at radius 2 is 1.73 bits per heavy atom. The van der Waals surface area contributed by atoms with E-state index in [0.29, 0.717) is 10.9 Å². The number of hydrogen-bond donors (Lipinski definition) is 1. The van der Waals surface area contributed by atoms with Crippen molar-refractivity contribution < 1.29 is 22.7 Å². The number of anilines is 1. The van der Waals surface area contributed by atoms with Gasteiger partial charge in [0.05, 0.1) is 41.7 Å². The zero-order valence-corrected chi connectivity index (χ0v) is 15.6. The third kappa shape index (κ3) is 3.57. The highest BCUT2D eigenvalue weighted by molar-refractivity contribution is 6.08. The van der Waals surface area contributed by atoms with Crippen molar-refractivity contribution in [2.45, 2.75) is 6.18 Å². The summed E-state index contributed by atoms with van der Waals surface area (Å²) in [7, 11) is 1.41. The molecule has 0 spiro atoms. The number of fused-ring (bicyclic) bond motifs is 1. The molecule has 0 aliphatic heterocycles. The Morgan fingerprint density at radius 1 is 1.03 bits per heavy atom. The molecule has 0 aliphatic rings. The van der Waals surface area contributed by atoms with E-state index in [9.17, 15) is 18.0 Å². The molecule has 0 fully saturated rings. The molecular formula is C21H15F3N4O2. The zero-order chi connectivity index (χ0) is 21.3. The van der Waals surface area contributed by atoms with Crippen LogP contribution in [-0.2, 0) is 6.18 Å². The maximum Gasteiger partial charge on any atom is 0.416 e. The lowest BCUT2D eigenvalue weighted by Gasteiger charge is -2.11. The van der Waals surface area contributed by atoms with Crippen LogP contribution in [0.15, 0.2) is 67.0 Å². The Morgan fingerprint density at radius 3 is 2.37 bits per heavy atom. The highest BCUT2D eigenvalue weighted by Gasteiger charge is 2.30. The van der Waals surface area contributed by atoms with Gasteiger partial charge in [-0.3, -0.25) is 4.79 Å². The van der Waals surface area contributed by atoms with Gasteiger partial charge < -0.3 is 10.1 Å². The Balaban J connectivity index is 1.66. The van der Waals surface area contributed by atoms with Crippen LogP contribution in [0.5, 0.6) is 5.75 Å². The Labute approximate surface area is 168 Å². The van der Waals surface area contributed by atoms with Gasteiger partial charge in [-0.25, -0.2) is 9.67 Å². The van der Waals surface area contributed by atoms with Crippen molar-refractivity contribution in [1.82, 2.24) is 14.8 Å². The Bertz CT molecular complexity index is 1200. The largest absolute Gasteiger partial charge is 0.493 e. The molecule has 2 aromatic heterocycles. The zero-order valence-electron chi connectivity index (χ0n) is 15.6. The minimum atomic E-state index is -4.45. The van der Waals surface area contributed by atoms with Crippen LogP contribution >= 0.6 is 0 Å². The summed E-state index contributed by atoms with van der Waals surface area (Å²) in [4.78, 5) is 16.9. The van der Waals surface area contributed by atoms with E-state index < -0.39 is 17.6 Å². The molecule has 0 saturated heterocycles. The molecule has 0 radical (unpaired) electrons. The highest BCUT2D eigenvalue weighted by Crippen LogP contribution is 2.31. The topological polar surface area (TPSA) is 69.0 Å². The van der Waals surface area contributed by atoms with Crippen LogP contribution in [0.25, 0.3) is 16.6 Å². The lowest BCUT2D eigenvalue weighted by molar-refractivity contribution is -0.137. The van der Waals surface area contributed by atoms with Gasteiger partial charge >= 0.3 is 6.18 Å². The molecule has 0 bridgehead atoms. The van der Waals surface area contributed by atoms with Gasteiger partial charge in [-0.05, 0) is 36.4 Å². The molecule has 6 nitrogen and oxygen atoms in total. The van der Waals surface area contributed by atoms with Gasteiger partial charge in [0, 0.05) is 5.69 Å². The number of carbonyl (C=O) groups excluding carboxylic acids is 1. The van der Waals surface area contributed by atoms with Gasteiger partial charge in [-0.1, -0.05) is 18.2 Å². The maximum absolute atomic E-state index is 12.7. The van der Waals surface area contributed by atoms with Crippen molar-refractivity contribution in [2.75, 3.05) is 12.4 Å². The van der Waals surface area contributed by atoms with Gasteiger partial charge in [0.2, 0.25) is 0 Å². The van der Waals surface area contributed by atoms with E-state index >= 15 is 0 Å². The molecule has 2 aromatic carbocycles. The third-order valence-corrected chi connectivity index (χ3v) is 4.47. The van der Waals surface area contributed by atoms with Crippen molar-refractivity contribution in [2.24, 2.45) is 0 Å². The van der Waals surface area contributed by atoms with Gasteiger partial charge in [0.25, 0.3) is 5.91 Å². The number of nitrogens with zero attached hydrogens (tertiary/aromatic N) is 3. The Hall–Kier alpha value is -3.88. The number of halogens is 3. The molecule has 0 unspecified atom stereocenters. The fraction of sp³-hybridized carbons (Fsp3) is 0.0952. The van der Waals surface area contributed by atoms with Gasteiger partial charge in [-0.2, -0.15) is 18.3 Å². The molecule has 152 valence electrons. The summed E-state index contributed by atoms with van der Waals surface area (Å²) >= 11 is 0. The number of hydrogen-bond acceptors (Lipinski definition) is 4. The highest BCUT2D eigenvalue weighted by atomic mass is 19.4. The maximum atomic E-state index is 12.7. The van der Waals surface area contributed by atoms with Crippen molar-refractivity contribution in [3.05, 3.63) is 78.2 Å². The molecule has 9 heteroatoms. The number of aromatic nitrogens is 3. The summed E-state index contributed by atoms with van der Waals surface area (Å²) in [6.07, 6.45) is -1.38. The second-order valence-electron chi connectivity index (χ2n) is 6.36. The normalized spacial score (nSPS) is 11.5. The van der Waals surface area contributed by atoms with Crippen LogP contribution in [0.1, 0.15) is 16.1 Å². The van der Waals surface area contributed by atoms with E-state index in [0.717, 1.165) is 17.8 Å². The van der Waals surface area contributed by atoms with Crippen LogP contribution in [-0.4, -0.2) is 27.8 Å². The standard InChI is InChI=1S/C21H15F3N4O2/c1-30-19-16-11-26-28(15-5-3-2-4-6-15)17(16)12-25-18(19)20(29)27-14-9-7-13(8-10-14)21(22,23)24/h2-12H,1H3,(H,27,29). The van der Waals surface area contributed by atoms with Crippen LogP contribution < -0.4 is 10.1 Å². The SMILES string of the molecule is COc1c(C(=O)Nc2ccc(C(F)(F)F)cc2)ncc2c1cnn2-c1ccccc1. The molecule has 30 heavy (non-hydrogen) atoms. The third-order valence-electron chi connectivity index (χ3n) is 4.47.